The van der Waals surface area contributed by atoms with Crippen LogP contribution in [0, 0.1) is 6.92 Å². The SMILES string of the molecule is CC[C@@H](C)NC(=O)[C@@H](CC)N(Cc1ccccc1C)C(=O)CN(c1ccc(C(C)C)cc1)S(=O)(=O)c1ccccc1. The summed E-state index contributed by atoms with van der Waals surface area (Å²) in [5, 5.41) is 3.01. The quantitative estimate of drug-likeness (QED) is 0.269. The van der Waals surface area contributed by atoms with Crippen molar-refractivity contribution in [1.82, 2.24) is 10.2 Å². The van der Waals surface area contributed by atoms with E-state index < -0.39 is 28.5 Å². The number of hydrogen-bond donors (Lipinski definition) is 1. The third kappa shape index (κ3) is 7.97. The molecule has 220 valence electrons. The molecule has 0 fully saturated rings. The summed E-state index contributed by atoms with van der Waals surface area (Å²) in [5.41, 5.74) is 3.33. The summed E-state index contributed by atoms with van der Waals surface area (Å²) in [5.74, 6) is -0.432. The van der Waals surface area contributed by atoms with Crippen LogP contribution in [0.15, 0.2) is 83.8 Å². The molecule has 0 aromatic heterocycles. The summed E-state index contributed by atoms with van der Waals surface area (Å²) in [4.78, 5) is 29.2. The Morgan fingerprint density at radius 2 is 1.44 bits per heavy atom. The molecule has 0 aliphatic carbocycles. The highest BCUT2D eigenvalue weighted by atomic mass is 32.2. The molecular formula is C33H43N3O4S. The summed E-state index contributed by atoms with van der Waals surface area (Å²) in [6.07, 6.45) is 1.14. The van der Waals surface area contributed by atoms with Crippen LogP contribution >= 0.6 is 0 Å². The molecule has 0 bridgehead atoms. The fourth-order valence-corrected chi connectivity index (χ4v) is 6.04. The molecule has 0 unspecified atom stereocenters. The lowest BCUT2D eigenvalue weighted by Gasteiger charge is -2.34. The second-order valence-electron chi connectivity index (χ2n) is 10.8. The van der Waals surface area contributed by atoms with Crippen molar-refractivity contribution in [1.29, 1.82) is 0 Å². The molecular weight excluding hydrogens is 534 g/mol. The zero-order chi connectivity index (χ0) is 30.2. The largest absolute Gasteiger partial charge is 0.352 e. The average molecular weight is 578 g/mol. The van der Waals surface area contributed by atoms with Crippen molar-refractivity contribution in [3.63, 3.8) is 0 Å². The third-order valence-electron chi connectivity index (χ3n) is 7.45. The maximum Gasteiger partial charge on any atom is 0.264 e. The standard InChI is InChI=1S/C33H43N3O4S/c1-7-26(6)34-33(38)31(8-2)35(22-28-15-13-12-14-25(28)5)32(37)23-36(29-20-18-27(19-21-29)24(3)4)41(39,40)30-16-10-9-11-17-30/h9-21,24,26,31H,7-8,22-23H2,1-6H3,(H,34,38)/t26-,31-/m1/s1. The van der Waals surface area contributed by atoms with E-state index in [1.54, 1.807) is 30.3 Å². The number of amides is 2. The molecule has 0 aliphatic rings. The Hall–Kier alpha value is -3.65. The van der Waals surface area contributed by atoms with Crippen molar-refractivity contribution in [3.8, 4) is 0 Å². The Morgan fingerprint density at radius 1 is 0.829 bits per heavy atom. The van der Waals surface area contributed by atoms with Crippen LogP contribution in [0.4, 0.5) is 5.69 Å². The Labute approximate surface area is 245 Å². The van der Waals surface area contributed by atoms with Crippen molar-refractivity contribution in [2.75, 3.05) is 10.8 Å². The van der Waals surface area contributed by atoms with E-state index in [-0.39, 0.29) is 29.3 Å². The van der Waals surface area contributed by atoms with Gasteiger partial charge in [0.15, 0.2) is 0 Å². The number of anilines is 1. The number of benzene rings is 3. The minimum Gasteiger partial charge on any atom is -0.352 e. The summed E-state index contributed by atoms with van der Waals surface area (Å²) < 4.78 is 29.1. The fraction of sp³-hybridized carbons (Fsp3) is 0.394. The maximum absolute atomic E-state index is 14.2. The van der Waals surface area contributed by atoms with Gasteiger partial charge in [0.1, 0.15) is 12.6 Å². The molecule has 0 aliphatic heterocycles. The number of carbonyl (C=O) groups excluding carboxylic acids is 2. The number of rotatable bonds is 13. The van der Waals surface area contributed by atoms with E-state index in [0.717, 1.165) is 27.4 Å². The van der Waals surface area contributed by atoms with Gasteiger partial charge in [0, 0.05) is 12.6 Å². The summed E-state index contributed by atoms with van der Waals surface area (Å²) in [7, 11) is -4.09. The Balaban J connectivity index is 2.07. The zero-order valence-corrected chi connectivity index (χ0v) is 25.8. The maximum atomic E-state index is 14.2. The van der Waals surface area contributed by atoms with Crippen LogP contribution in [0.1, 0.15) is 70.1 Å². The first-order chi connectivity index (χ1) is 19.5. The second-order valence-corrected chi connectivity index (χ2v) is 12.6. The number of nitrogens with zero attached hydrogens (tertiary/aromatic N) is 2. The Bertz CT molecular complexity index is 1410. The van der Waals surface area contributed by atoms with Crippen LogP contribution in [0.5, 0.6) is 0 Å². The first kappa shape index (κ1) is 31.9. The molecule has 1 N–H and O–H groups in total. The number of sulfonamides is 1. The van der Waals surface area contributed by atoms with Gasteiger partial charge in [-0.1, -0.05) is 82.3 Å². The Morgan fingerprint density at radius 3 is 2.00 bits per heavy atom. The lowest BCUT2D eigenvalue weighted by molar-refractivity contribution is -0.140. The number of nitrogens with one attached hydrogen (secondary N) is 1. The highest BCUT2D eigenvalue weighted by Gasteiger charge is 2.34. The first-order valence-electron chi connectivity index (χ1n) is 14.3. The van der Waals surface area contributed by atoms with Gasteiger partial charge < -0.3 is 10.2 Å². The molecule has 0 radical (unpaired) electrons. The van der Waals surface area contributed by atoms with E-state index in [0.29, 0.717) is 12.1 Å². The average Bonchev–Trinajstić information content (AvgIpc) is 2.97. The van der Waals surface area contributed by atoms with Gasteiger partial charge in [-0.2, -0.15) is 0 Å². The van der Waals surface area contributed by atoms with Crippen molar-refractivity contribution >= 4 is 27.5 Å². The molecule has 0 saturated carbocycles. The lowest BCUT2D eigenvalue weighted by atomic mass is 10.0. The summed E-state index contributed by atoms with van der Waals surface area (Å²) >= 11 is 0. The zero-order valence-electron chi connectivity index (χ0n) is 25.0. The van der Waals surface area contributed by atoms with Gasteiger partial charge in [-0.15, -0.1) is 0 Å². The van der Waals surface area contributed by atoms with Gasteiger partial charge >= 0.3 is 0 Å². The molecule has 3 aromatic carbocycles. The normalized spacial score (nSPS) is 13.0. The van der Waals surface area contributed by atoms with Crippen molar-refractivity contribution < 1.29 is 18.0 Å². The molecule has 3 rings (SSSR count). The predicted octanol–water partition coefficient (Wildman–Crippen LogP) is 6.04. The molecule has 41 heavy (non-hydrogen) atoms. The summed E-state index contributed by atoms with van der Waals surface area (Å²) in [6.45, 7) is 11.6. The van der Waals surface area contributed by atoms with E-state index in [9.17, 15) is 18.0 Å². The number of aryl methyl sites for hydroxylation is 1. The van der Waals surface area contributed by atoms with Crippen molar-refractivity contribution in [3.05, 3.63) is 95.6 Å². The molecule has 8 heteroatoms. The Kier molecular flexibility index (Phi) is 11.1. The second kappa shape index (κ2) is 14.3. The number of hydrogen-bond acceptors (Lipinski definition) is 4. The topological polar surface area (TPSA) is 86.8 Å². The van der Waals surface area contributed by atoms with Gasteiger partial charge in [0.05, 0.1) is 10.6 Å². The van der Waals surface area contributed by atoms with Crippen LogP contribution in [0.25, 0.3) is 0 Å². The molecule has 2 amide bonds. The molecule has 3 aromatic rings. The fourth-order valence-electron chi connectivity index (χ4n) is 4.61. The van der Waals surface area contributed by atoms with E-state index in [4.69, 9.17) is 0 Å². The highest BCUT2D eigenvalue weighted by molar-refractivity contribution is 7.92. The lowest BCUT2D eigenvalue weighted by Crippen LogP contribution is -2.53. The number of carbonyl (C=O) groups is 2. The van der Waals surface area contributed by atoms with Gasteiger partial charge in [0.25, 0.3) is 10.0 Å². The van der Waals surface area contributed by atoms with Crippen molar-refractivity contribution in [2.45, 2.75) is 83.8 Å². The van der Waals surface area contributed by atoms with E-state index in [1.165, 1.54) is 17.0 Å². The van der Waals surface area contributed by atoms with Crippen LogP contribution < -0.4 is 9.62 Å². The molecule has 0 heterocycles. The van der Waals surface area contributed by atoms with Gasteiger partial charge in [-0.25, -0.2) is 8.42 Å². The van der Waals surface area contributed by atoms with Crippen molar-refractivity contribution in [2.24, 2.45) is 0 Å². The van der Waals surface area contributed by atoms with Crippen LogP contribution in [0.3, 0.4) is 0 Å². The minimum atomic E-state index is -4.09. The van der Waals surface area contributed by atoms with Crippen LogP contribution in [-0.2, 0) is 26.2 Å². The minimum absolute atomic E-state index is 0.0543. The molecule has 0 spiro atoms. The highest BCUT2D eigenvalue weighted by Crippen LogP contribution is 2.27. The summed E-state index contributed by atoms with van der Waals surface area (Å²) in [6, 6.07) is 22.2. The van der Waals surface area contributed by atoms with Gasteiger partial charge in [-0.05, 0) is 73.6 Å². The predicted molar refractivity (Wildman–Crippen MR) is 165 cm³/mol. The van der Waals surface area contributed by atoms with E-state index >= 15 is 0 Å². The monoisotopic (exact) mass is 577 g/mol. The smallest absolute Gasteiger partial charge is 0.264 e. The first-order valence-corrected chi connectivity index (χ1v) is 15.8. The van der Waals surface area contributed by atoms with Crippen LogP contribution in [0.2, 0.25) is 0 Å². The van der Waals surface area contributed by atoms with Crippen LogP contribution in [-0.4, -0.2) is 43.8 Å². The molecule has 0 saturated heterocycles. The van der Waals surface area contributed by atoms with Gasteiger partial charge in [-0.3, -0.25) is 13.9 Å². The third-order valence-corrected chi connectivity index (χ3v) is 9.23. The molecule has 7 nitrogen and oxygen atoms in total. The van der Waals surface area contributed by atoms with E-state index in [2.05, 4.69) is 19.2 Å². The van der Waals surface area contributed by atoms with Gasteiger partial charge in [0.2, 0.25) is 11.8 Å². The molecule has 2 atom stereocenters. The van der Waals surface area contributed by atoms with E-state index in [1.807, 2.05) is 64.1 Å².